The Labute approximate surface area is 96.9 Å². The highest BCUT2D eigenvalue weighted by molar-refractivity contribution is 5.51. The molecular weight excluding hydrogens is 204 g/mol. The van der Waals surface area contributed by atoms with Crippen LogP contribution < -0.4 is 4.90 Å². The standard InChI is InChI=1S/C12H20N2O2/c1-3-14(7-8-16-4-2)12-5-6-13-9-11(12)10-15/h5-6,9,15H,3-4,7-8,10H2,1-2H3. The van der Waals surface area contributed by atoms with Crippen LogP contribution in [0.3, 0.4) is 0 Å². The van der Waals surface area contributed by atoms with E-state index in [2.05, 4.69) is 16.8 Å². The van der Waals surface area contributed by atoms with Crippen LogP contribution in [-0.4, -0.2) is 36.4 Å². The van der Waals surface area contributed by atoms with Gasteiger partial charge >= 0.3 is 0 Å². The first kappa shape index (κ1) is 12.9. The van der Waals surface area contributed by atoms with Gasteiger partial charge in [-0.3, -0.25) is 4.98 Å². The van der Waals surface area contributed by atoms with Crippen LogP contribution in [0, 0.1) is 0 Å². The molecule has 4 nitrogen and oxygen atoms in total. The van der Waals surface area contributed by atoms with E-state index in [1.165, 1.54) is 0 Å². The average Bonchev–Trinajstić information content (AvgIpc) is 2.35. The fourth-order valence-electron chi connectivity index (χ4n) is 1.62. The molecule has 1 rings (SSSR count). The van der Waals surface area contributed by atoms with Crippen LogP contribution in [0.15, 0.2) is 18.5 Å². The average molecular weight is 224 g/mol. The van der Waals surface area contributed by atoms with Gasteiger partial charge in [-0.05, 0) is 19.9 Å². The van der Waals surface area contributed by atoms with Crippen molar-refractivity contribution in [2.75, 3.05) is 31.2 Å². The number of hydrogen-bond donors (Lipinski definition) is 1. The van der Waals surface area contributed by atoms with E-state index in [0.29, 0.717) is 6.61 Å². The van der Waals surface area contributed by atoms with Gasteiger partial charge in [-0.1, -0.05) is 0 Å². The second-order valence-electron chi connectivity index (χ2n) is 3.44. The normalized spacial score (nSPS) is 10.4. The minimum Gasteiger partial charge on any atom is -0.392 e. The van der Waals surface area contributed by atoms with Crippen LogP contribution in [0.25, 0.3) is 0 Å². The monoisotopic (exact) mass is 224 g/mol. The molecule has 1 aromatic rings. The SMILES string of the molecule is CCOCCN(CC)c1ccncc1CO. The maximum absolute atomic E-state index is 9.24. The molecule has 0 aromatic carbocycles. The van der Waals surface area contributed by atoms with E-state index in [1.54, 1.807) is 12.4 Å². The lowest BCUT2D eigenvalue weighted by atomic mass is 10.2. The summed E-state index contributed by atoms with van der Waals surface area (Å²) in [6.07, 6.45) is 3.45. The van der Waals surface area contributed by atoms with Gasteiger partial charge in [-0.2, -0.15) is 0 Å². The van der Waals surface area contributed by atoms with Gasteiger partial charge in [0.05, 0.1) is 13.2 Å². The van der Waals surface area contributed by atoms with Gasteiger partial charge in [0, 0.05) is 43.3 Å². The van der Waals surface area contributed by atoms with Crippen molar-refractivity contribution in [3.05, 3.63) is 24.0 Å². The molecule has 90 valence electrons. The van der Waals surface area contributed by atoms with Crippen LogP contribution in [0.2, 0.25) is 0 Å². The minimum atomic E-state index is 0.0221. The van der Waals surface area contributed by atoms with Crippen molar-refractivity contribution >= 4 is 5.69 Å². The second kappa shape index (κ2) is 7.19. The third-order valence-corrected chi connectivity index (χ3v) is 2.48. The van der Waals surface area contributed by atoms with E-state index in [4.69, 9.17) is 4.74 Å². The second-order valence-corrected chi connectivity index (χ2v) is 3.44. The highest BCUT2D eigenvalue weighted by Crippen LogP contribution is 2.18. The molecular formula is C12H20N2O2. The summed E-state index contributed by atoms with van der Waals surface area (Å²) < 4.78 is 5.34. The number of pyridine rings is 1. The summed E-state index contributed by atoms with van der Waals surface area (Å²) in [5.74, 6) is 0. The molecule has 16 heavy (non-hydrogen) atoms. The number of likely N-dealkylation sites (N-methyl/N-ethyl adjacent to an activating group) is 1. The molecule has 0 saturated heterocycles. The van der Waals surface area contributed by atoms with Gasteiger partial charge in [0.1, 0.15) is 0 Å². The van der Waals surface area contributed by atoms with E-state index >= 15 is 0 Å². The Bertz CT molecular complexity index is 305. The van der Waals surface area contributed by atoms with Crippen molar-refractivity contribution in [3.8, 4) is 0 Å². The van der Waals surface area contributed by atoms with E-state index in [1.807, 2.05) is 13.0 Å². The highest BCUT2D eigenvalue weighted by Gasteiger charge is 2.08. The molecule has 0 atom stereocenters. The summed E-state index contributed by atoms with van der Waals surface area (Å²) in [5.41, 5.74) is 1.90. The van der Waals surface area contributed by atoms with Crippen molar-refractivity contribution in [2.45, 2.75) is 20.5 Å². The zero-order valence-electron chi connectivity index (χ0n) is 10.0. The van der Waals surface area contributed by atoms with Gasteiger partial charge in [-0.15, -0.1) is 0 Å². The molecule has 0 fully saturated rings. The van der Waals surface area contributed by atoms with Crippen molar-refractivity contribution < 1.29 is 9.84 Å². The maximum Gasteiger partial charge on any atom is 0.0717 e. The first-order chi connectivity index (χ1) is 7.83. The molecule has 1 aromatic heterocycles. The van der Waals surface area contributed by atoms with Gasteiger partial charge in [0.2, 0.25) is 0 Å². The predicted molar refractivity (Wildman–Crippen MR) is 64.5 cm³/mol. The molecule has 0 aliphatic carbocycles. The minimum absolute atomic E-state index is 0.0221. The molecule has 1 N–H and O–H groups in total. The summed E-state index contributed by atoms with van der Waals surface area (Å²) >= 11 is 0. The molecule has 0 bridgehead atoms. The number of hydrogen-bond acceptors (Lipinski definition) is 4. The fraction of sp³-hybridized carbons (Fsp3) is 0.583. The van der Waals surface area contributed by atoms with Crippen LogP contribution >= 0.6 is 0 Å². The summed E-state index contributed by atoms with van der Waals surface area (Å²) in [4.78, 5) is 6.19. The van der Waals surface area contributed by atoms with Crippen molar-refractivity contribution in [1.82, 2.24) is 4.98 Å². The van der Waals surface area contributed by atoms with Gasteiger partial charge in [0.25, 0.3) is 0 Å². The Balaban J connectivity index is 2.69. The number of aromatic nitrogens is 1. The lowest BCUT2D eigenvalue weighted by molar-refractivity contribution is 0.154. The maximum atomic E-state index is 9.24. The van der Waals surface area contributed by atoms with Crippen LogP contribution in [-0.2, 0) is 11.3 Å². The van der Waals surface area contributed by atoms with Crippen molar-refractivity contribution in [2.24, 2.45) is 0 Å². The molecule has 0 amide bonds. The van der Waals surface area contributed by atoms with Gasteiger partial charge < -0.3 is 14.7 Å². The summed E-state index contributed by atoms with van der Waals surface area (Å²) in [5, 5.41) is 9.24. The van der Waals surface area contributed by atoms with Crippen molar-refractivity contribution in [3.63, 3.8) is 0 Å². The zero-order valence-corrected chi connectivity index (χ0v) is 10.0. The number of anilines is 1. The number of nitrogens with zero attached hydrogens (tertiary/aromatic N) is 2. The topological polar surface area (TPSA) is 45.6 Å². The molecule has 0 aliphatic heterocycles. The van der Waals surface area contributed by atoms with Crippen LogP contribution in [0.4, 0.5) is 5.69 Å². The zero-order chi connectivity index (χ0) is 11.8. The van der Waals surface area contributed by atoms with Gasteiger partial charge in [-0.25, -0.2) is 0 Å². The molecule has 1 heterocycles. The first-order valence-corrected chi connectivity index (χ1v) is 5.69. The number of ether oxygens (including phenoxy) is 1. The number of aliphatic hydroxyl groups is 1. The van der Waals surface area contributed by atoms with Gasteiger partial charge in [0.15, 0.2) is 0 Å². The van der Waals surface area contributed by atoms with E-state index in [9.17, 15) is 5.11 Å². The smallest absolute Gasteiger partial charge is 0.0717 e. The van der Waals surface area contributed by atoms with E-state index < -0.39 is 0 Å². The number of aliphatic hydroxyl groups excluding tert-OH is 1. The summed E-state index contributed by atoms with van der Waals surface area (Å²) in [7, 11) is 0. The molecule has 0 aliphatic rings. The third-order valence-electron chi connectivity index (χ3n) is 2.48. The fourth-order valence-corrected chi connectivity index (χ4v) is 1.62. The Kier molecular flexibility index (Phi) is 5.82. The molecule has 4 heteroatoms. The molecule has 0 radical (unpaired) electrons. The first-order valence-electron chi connectivity index (χ1n) is 5.69. The van der Waals surface area contributed by atoms with E-state index in [-0.39, 0.29) is 6.61 Å². The predicted octanol–water partition coefficient (Wildman–Crippen LogP) is 1.44. The quantitative estimate of drug-likeness (QED) is 0.712. The lowest BCUT2D eigenvalue weighted by Crippen LogP contribution is -2.28. The highest BCUT2D eigenvalue weighted by atomic mass is 16.5. The van der Waals surface area contributed by atoms with Crippen molar-refractivity contribution in [1.29, 1.82) is 0 Å². The Hall–Kier alpha value is -1.13. The Morgan fingerprint density at radius 1 is 1.44 bits per heavy atom. The molecule has 0 unspecified atom stereocenters. The Morgan fingerprint density at radius 3 is 2.88 bits per heavy atom. The Morgan fingerprint density at radius 2 is 2.25 bits per heavy atom. The molecule has 0 spiro atoms. The summed E-state index contributed by atoms with van der Waals surface area (Å²) in [6, 6.07) is 1.93. The third kappa shape index (κ3) is 3.47. The van der Waals surface area contributed by atoms with Crippen LogP contribution in [0.5, 0.6) is 0 Å². The van der Waals surface area contributed by atoms with Crippen LogP contribution in [0.1, 0.15) is 19.4 Å². The summed E-state index contributed by atoms with van der Waals surface area (Å²) in [6.45, 7) is 7.27. The lowest BCUT2D eigenvalue weighted by Gasteiger charge is -2.24. The number of rotatable bonds is 7. The molecule has 0 saturated carbocycles. The van der Waals surface area contributed by atoms with E-state index in [0.717, 1.165) is 30.9 Å². The largest absolute Gasteiger partial charge is 0.392 e.